The molecule has 2 N–H and O–H groups in total. The fraction of sp³-hybridized carbons (Fsp3) is 0.233. The lowest BCUT2D eigenvalue weighted by molar-refractivity contribution is -0.141. The Kier molecular flexibility index (Phi) is 7.90. The van der Waals surface area contributed by atoms with Crippen LogP contribution in [0, 0.1) is 18.7 Å². The minimum Gasteiger partial charge on any atom is -0.481 e. The fourth-order valence-corrected chi connectivity index (χ4v) is 4.39. The molecule has 1 aromatic heterocycles. The van der Waals surface area contributed by atoms with Crippen LogP contribution in [0.15, 0.2) is 72.8 Å². The van der Waals surface area contributed by atoms with Crippen LogP contribution in [0.3, 0.4) is 0 Å². The summed E-state index contributed by atoms with van der Waals surface area (Å²) in [6.45, 7) is 5.11. The molecule has 0 saturated heterocycles. The van der Waals surface area contributed by atoms with E-state index in [0.29, 0.717) is 29.1 Å². The van der Waals surface area contributed by atoms with Crippen molar-refractivity contribution < 1.29 is 23.8 Å². The number of nitrogens with zero attached hydrogens (tertiary/aromatic N) is 2. The number of aromatic nitrogens is 2. The summed E-state index contributed by atoms with van der Waals surface area (Å²) in [5.41, 5.74) is 5.97. The average Bonchev–Trinajstić information content (AvgIpc) is 3.16. The topological polar surface area (TPSA) is 93.5 Å². The third-order valence-corrected chi connectivity index (χ3v) is 6.49. The quantitative estimate of drug-likeness (QED) is 0.270. The summed E-state index contributed by atoms with van der Waals surface area (Å²) in [6.07, 6.45) is -0.993. The highest BCUT2D eigenvalue weighted by atomic mass is 19.1. The molecule has 1 amide bonds. The van der Waals surface area contributed by atoms with Crippen LogP contribution in [0.5, 0.6) is 0 Å². The Morgan fingerprint density at radius 3 is 2.16 bits per heavy atom. The van der Waals surface area contributed by atoms with Crippen molar-refractivity contribution in [2.75, 3.05) is 5.32 Å². The number of carbonyl (C=O) groups excluding carboxylic acids is 1. The number of halogens is 1. The zero-order chi connectivity index (χ0) is 27.4. The minimum absolute atomic E-state index is 0.297. The summed E-state index contributed by atoms with van der Waals surface area (Å²) >= 11 is 0. The Labute approximate surface area is 220 Å². The van der Waals surface area contributed by atoms with Crippen LogP contribution in [-0.2, 0) is 23.0 Å². The molecule has 4 aromatic rings. The molecule has 3 aromatic carbocycles. The summed E-state index contributed by atoms with van der Waals surface area (Å²) in [7, 11) is 1.80. The summed E-state index contributed by atoms with van der Waals surface area (Å²) in [6, 6.07) is 21.9. The number of anilines is 1. The second-order valence-electron chi connectivity index (χ2n) is 9.34. The highest BCUT2D eigenvalue weighted by molar-refractivity contribution is 5.92. The van der Waals surface area contributed by atoms with E-state index in [4.69, 9.17) is 9.84 Å². The van der Waals surface area contributed by atoms with Gasteiger partial charge in [-0.3, -0.25) is 14.8 Å². The SMILES string of the molecule is Cc1nn(C)c(-c2ccc(-c3ccc(CC(C)C(=O)O)cc3)cc2)c1NC(=O)OC(C)c1ccccc1F. The van der Waals surface area contributed by atoms with Gasteiger partial charge in [-0.25, -0.2) is 9.18 Å². The molecule has 38 heavy (non-hydrogen) atoms. The molecule has 2 atom stereocenters. The van der Waals surface area contributed by atoms with Crippen molar-refractivity contribution in [3.05, 3.63) is 95.4 Å². The number of aryl methyl sites for hydroxylation is 2. The van der Waals surface area contributed by atoms with Crippen molar-refractivity contribution >= 4 is 17.7 Å². The summed E-state index contributed by atoms with van der Waals surface area (Å²) in [4.78, 5) is 23.8. The maximum atomic E-state index is 14.1. The normalized spacial score (nSPS) is 12.6. The van der Waals surface area contributed by atoms with Gasteiger partial charge >= 0.3 is 12.1 Å². The Morgan fingerprint density at radius 1 is 0.974 bits per heavy atom. The number of amides is 1. The largest absolute Gasteiger partial charge is 0.481 e. The maximum Gasteiger partial charge on any atom is 0.412 e. The molecule has 196 valence electrons. The first-order valence-corrected chi connectivity index (χ1v) is 12.3. The first-order valence-electron chi connectivity index (χ1n) is 12.3. The molecule has 2 unspecified atom stereocenters. The minimum atomic E-state index is -0.809. The molecule has 0 aliphatic carbocycles. The van der Waals surface area contributed by atoms with Crippen LogP contribution < -0.4 is 5.32 Å². The molecule has 0 fully saturated rings. The number of ether oxygens (including phenoxy) is 1. The molecular formula is C30H30FN3O4. The number of carboxylic acids is 1. The smallest absolute Gasteiger partial charge is 0.412 e. The molecule has 7 nitrogen and oxygen atoms in total. The lowest BCUT2D eigenvalue weighted by Gasteiger charge is -2.15. The van der Waals surface area contributed by atoms with Gasteiger partial charge in [0.25, 0.3) is 0 Å². The van der Waals surface area contributed by atoms with Gasteiger partial charge < -0.3 is 9.84 Å². The van der Waals surface area contributed by atoms with Crippen molar-refractivity contribution in [3.8, 4) is 22.4 Å². The fourth-order valence-electron chi connectivity index (χ4n) is 4.39. The Bertz CT molecular complexity index is 1450. The van der Waals surface area contributed by atoms with Gasteiger partial charge in [-0.2, -0.15) is 5.10 Å². The van der Waals surface area contributed by atoms with Crippen LogP contribution in [0.1, 0.15) is 36.8 Å². The third-order valence-electron chi connectivity index (χ3n) is 6.49. The van der Waals surface area contributed by atoms with Crippen LogP contribution >= 0.6 is 0 Å². The summed E-state index contributed by atoms with van der Waals surface area (Å²) < 4.78 is 21.2. The molecular weight excluding hydrogens is 485 g/mol. The predicted octanol–water partition coefficient (Wildman–Crippen LogP) is 6.77. The van der Waals surface area contributed by atoms with Gasteiger partial charge in [0, 0.05) is 18.2 Å². The number of hydrogen-bond donors (Lipinski definition) is 2. The monoisotopic (exact) mass is 515 g/mol. The first-order chi connectivity index (χ1) is 18.1. The van der Waals surface area contributed by atoms with Gasteiger partial charge in [0.2, 0.25) is 0 Å². The van der Waals surface area contributed by atoms with Gasteiger partial charge in [-0.1, -0.05) is 73.7 Å². The number of benzene rings is 3. The Hall–Kier alpha value is -4.46. The van der Waals surface area contributed by atoms with Gasteiger partial charge in [0.15, 0.2) is 0 Å². The lowest BCUT2D eigenvalue weighted by Crippen LogP contribution is -2.17. The molecule has 4 rings (SSSR count). The third kappa shape index (κ3) is 5.91. The van der Waals surface area contributed by atoms with Gasteiger partial charge in [0.05, 0.1) is 23.0 Å². The van der Waals surface area contributed by atoms with E-state index in [-0.39, 0.29) is 0 Å². The zero-order valence-corrected chi connectivity index (χ0v) is 21.7. The van der Waals surface area contributed by atoms with Crippen molar-refractivity contribution in [2.24, 2.45) is 13.0 Å². The van der Waals surface area contributed by atoms with E-state index in [1.807, 2.05) is 48.5 Å². The van der Waals surface area contributed by atoms with E-state index >= 15 is 0 Å². The highest BCUT2D eigenvalue weighted by Crippen LogP contribution is 2.33. The van der Waals surface area contributed by atoms with E-state index in [9.17, 15) is 14.0 Å². The number of hydrogen-bond acceptors (Lipinski definition) is 4. The summed E-state index contributed by atoms with van der Waals surface area (Å²) in [5, 5.41) is 16.4. The van der Waals surface area contributed by atoms with Gasteiger partial charge in [-0.15, -0.1) is 0 Å². The average molecular weight is 516 g/mol. The van der Waals surface area contributed by atoms with E-state index in [1.165, 1.54) is 6.07 Å². The molecule has 0 aliphatic rings. The first kappa shape index (κ1) is 26.6. The Balaban J connectivity index is 1.50. The van der Waals surface area contributed by atoms with Crippen molar-refractivity contribution in [3.63, 3.8) is 0 Å². The van der Waals surface area contributed by atoms with Crippen molar-refractivity contribution in [1.29, 1.82) is 0 Å². The maximum absolute atomic E-state index is 14.1. The molecule has 0 bridgehead atoms. The van der Waals surface area contributed by atoms with Crippen molar-refractivity contribution in [1.82, 2.24) is 9.78 Å². The lowest BCUT2D eigenvalue weighted by atomic mass is 9.97. The second kappa shape index (κ2) is 11.3. The van der Waals surface area contributed by atoms with Crippen LogP contribution in [0.25, 0.3) is 22.4 Å². The number of rotatable bonds is 8. The molecule has 1 heterocycles. The second-order valence-corrected chi connectivity index (χ2v) is 9.34. The van der Waals surface area contributed by atoms with E-state index in [1.54, 1.807) is 50.7 Å². The number of carboxylic acid groups (broad SMARTS) is 1. The standard InChI is InChI=1S/C30H30FN3O4/c1-18(29(35)36)17-21-9-11-22(12-10-21)23-13-15-24(16-14-23)28-27(19(2)33-34(28)4)32-30(37)38-20(3)25-7-5-6-8-26(25)31/h5-16,18,20H,17H2,1-4H3,(H,32,37)(H,35,36). The van der Waals surface area contributed by atoms with Crippen molar-refractivity contribution in [2.45, 2.75) is 33.3 Å². The number of nitrogens with one attached hydrogen (secondary N) is 1. The molecule has 0 aliphatic heterocycles. The Morgan fingerprint density at radius 2 is 1.55 bits per heavy atom. The molecule has 0 radical (unpaired) electrons. The van der Waals surface area contributed by atoms with Gasteiger partial charge in [0.1, 0.15) is 11.9 Å². The van der Waals surface area contributed by atoms with Crippen LogP contribution in [-0.4, -0.2) is 26.9 Å². The van der Waals surface area contributed by atoms with Gasteiger partial charge in [-0.05, 0) is 43.0 Å². The van der Waals surface area contributed by atoms with Crippen LogP contribution in [0.4, 0.5) is 14.9 Å². The number of aliphatic carboxylic acids is 1. The summed E-state index contributed by atoms with van der Waals surface area (Å²) in [5.74, 6) is -1.68. The van der Waals surface area contributed by atoms with E-state index < -0.39 is 29.9 Å². The molecule has 0 saturated carbocycles. The molecule has 0 spiro atoms. The van der Waals surface area contributed by atoms with E-state index in [0.717, 1.165) is 22.3 Å². The predicted molar refractivity (Wildman–Crippen MR) is 144 cm³/mol. The zero-order valence-electron chi connectivity index (χ0n) is 21.7. The molecule has 8 heteroatoms. The van der Waals surface area contributed by atoms with E-state index in [2.05, 4.69) is 10.4 Å². The highest BCUT2D eigenvalue weighted by Gasteiger charge is 2.21. The van der Waals surface area contributed by atoms with Crippen LogP contribution in [0.2, 0.25) is 0 Å². The number of carbonyl (C=O) groups is 2.